The van der Waals surface area contributed by atoms with Crippen LogP contribution >= 0.6 is 0 Å². The standard InChI is InChI=1S/C17H31N/c1-12(11-18-16(2,3)4)17-8-13-5-14(9-17)7-15(6-13)10-17/h12-15,18H,5-11H2,1-4H3. The van der Waals surface area contributed by atoms with Crippen molar-refractivity contribution < 1.29 is 0 Å². The van der Waals surface area contributed by atoms with Gasteiger partial charge in [-0.15, -0.1) is 0 Å². The zero-order valence-electron chi connectivity index (χ0n) is 12.8. The highest BCUT2D eigenvalue weighted by Gasteiger charge is 2.52. The fraction of sp³-hybridized carbons (Fsp3) is 1.00. The Kier molecular flexibility index (Phi) is 3.05. The van der Waals surface area contributed by atoms with E-state index in [9.17, 15) is 0 Å². The Labute approximate surface area is 113 Å². The fourth-order valence-electron chi connectivity index (χ4n) is 5.46. The maximum Gasteiger partial charge on any atom is 0.00966 e. The lowest BCUT2D eigenvalue weighted by atomic mass is 9.46. The number of hydrogen-bond donors (Lipinski definition) is 1. The number of nitrogens with one attached hydrogen (secondary N) is 1. The molecule has 4 bridgehead atoms. The highest BCUT2D eigenvalue weighted by molar-refractivity contribution is 5.03. The summed E-state index contributed by atoms with van der Waals surface area (Å²) in [4.78, 5) is 0. The Morgan fingerprint density at radius 3 is 1.83 bits per heavy atom. The van der Waals surface area contributed by atoms with Crippen LogP contribution in [-0.4, -0.2) is 12.1 Å². The molecule has 0 radical (unpaired) electrons. The lowest BCUT2D eigenvalue weighted by Gasteiger charge is -2.59. The third kappa shape index (κ3) is 2.35. The fourth-order valence-corrected chi connectivity index (χ4v) is 5.46. The topological polar surface area (TPSA) is 12.0 Å². The second-order valence-corrected chi connectivity index (χ2v) is 8.81. The molecule has 1 heteroatoms. The Morgan fingerprint density at radius 1 is 1.00 bits per heavy atom. The van der Waals surface area contributed by atoms with E-state index in [1.165, 1.54) is 6.54 Å². The van der Waals surface area contributed by atoms with Gasteiger partial charge < -0.3 is 5.32 Å². The van der Waals surface area contributed by atoms with Crippen LogP contribution in [0.2, 0.25) is 0 Å². The first-order chi connectivity index (χ1) is 8.36. The van der Waals surface area contributed by atoms with Crippen molar-refractivity contribution in [3.8, 4) is 0 Å². The summed E-state index contributed by atoms with van der Waals surface area (Å²) in [6.07, 6.45) is 9.35. The van der Waals surface area contributed by atoms with Crippen LogP contribution in [0.5, 0.6) is 0 Å². The van der Waals surface area contributed by atoms with Gasteiger partial charge in [0.15, 0.2) is 0 Å². The van der Waals surface area contributed by atoms with Crippen molar-refractivity contribution in [2.45, 2.75) is 71.8 Å². The summed E-state index contributed by atoms with van der Waals surface area (Å²) in [7, 11) is 0. The monoisotopic (exact) mass is 249 g/mol. The van der Waals surface area contributed by atoms with Crippen LogP contribution in [-0.2, 0) is 0 Å². The van der Waals surface area contributed by atoms with Crippen LogP contribution in [0.15, 0.2) is 0 Å². The van der Waals surface area contributed by atoms with Crippen LogP contribution in [0, 0.1) is 29.1 Å². The minimum absolute atomic E-state index is 0.274. The van der Waals surface area contributed by atoms with Crippen LogP contribution in [0.3, 0.4) is 0 Å². The molecule has 0 aromatic rings. The first-order valence-corrected chi connectivity index (χ1v) is 8.11. The largest absolute Gasteiger partial charge is 0.312 e. The molecule has 104 valence electrons. The van der Waals surface area contributed by atoms with Crippen molar-refractivity contribution in [2.75, 3.05) is 6.54 Å². The molecule has 4 rings (SSSR count). The van der Waals surface area contributed by atoms with Gasteiger partial charge in [0.25, 0.3) is 0 Å². The molecule has 1 nitrogen and oxygen atoms in total. The molecule has 1 N–H and O–H groups in total. The quantitative estimate of drug-likeness (QED) is 0.789. The first kappa shape index (κ1) is 13.0. The summed E-state index contributed by atoms with van der Waals surface area (Å²) < 4.78 is 0. The van der Waals surface area contributed by atoms with Crippen LogP contribution < -0.4 is 5.32 Å². The normalized spacial score (nSPS) is 44.3. The first-order valence-electron chi connectivity index (χ1n) is 8.11. The van der Waals surface area contributed by atoms with Crippen molar-refractivity contribution in [2.24, 2.45) is 29.1 Å². The Bertz CT molecular complexity index is 277. The SMILES string of the molecule is CC(CNC(C)(C)C)C12CC3CC(CC(C3)C1)C2. The molecule has 1 unspecified atom stereocenters. The molecule has 0 aromatic heterocycles. The molecule has 4 aliphatic rings. The molecule has 4 saturated carbocycles. The molecule has 0 saturated heterocycles. The van der Waals surface area contributed by atoms with Crippen molar-refractivity contribution in [3.63, 3.8) is 0 Å². The molecule has 0 amide bonds. The highest BCUT2D eigenvalue weighted by atomic mass is 14.9. The Morgan fingerprint density at radius 2 is 1.44 bits per heavy atom. The Hall–Kier alpha value is -0.0400. The summed E-state index contributed by atoms with van der Waals surface area (Å²) in [5.41, 5.74) is 0.990. The van der Waals surface area contributed by atoms with Crippen LogP contribution in [0.1, 0.15) is 66.2 Å². The molecule has 18 heavy (non-hydrogen) atoms. The van der Waals surface area contributed by atoms with Gasteiger partial charge in [0.1, 0.15) is 0 Å². The summed E-state index contributed by atoms with van der Waals surface area (Å²) in [6, 6.07) is 0. The molecule has 0 spiro atoms. The summed E-state index contributed by atoms with van der Waals surface area (Å²) in [5.74, 6) is 4.14. The minimum Gasteiger partial charge on any atom is -0.312 e. The van der Waals surface area contributed by atoms with E-state index < -0.39 is 0 Å². The van der Waals surface area contributed by atoms with Gasteiger partial charge in [-0.3, -0.25) is 0 Å². The minimum atomic E-state index is 0.274. The van der Waals surface area contributed by atoms with Gasteiger partial charge in [-0.1, -0.05) is 6.92 Å². The zero-order chi connectivity index (χ0) is 13.0. The molecule has 1 atom stereocenters. The van der Waals surface area contributed by atoms with Gasteiger partial charge >= 0.3 is 0 Å². The average molecular weight is 249 g/mol. The summed E-state index contributed by atoms with van der Waals surface area (Å²) in [6.45, 7) is 10.6. The van der Waals surface area contributed by atoms with E-state index in [0.717, 1.165) is 23.7 Å². The van der Waals surface area contributed by atoms with Gasteiger partial charge in [-0.25, -0.2) is 0 Å². The van der Waals surface area contributed by atoms with Crippen molar-refractivity contribution in [1.29, 1.82) is 0 Å². The van der Waals surface area contributed by atoms with Gasteiger partial charge in [0.05, 0.1) is 0 Å². The Balaban J connectivity index is 1.67. The van der Waals surface area contributed by atoms with Gasteiger partial charge in [-0.05, 0) is 94.9 Å². The van der Waals surface area contributed by atoms with E-state index in [1.54, 1.807) is 38.5 Å². The molecule has 0 heterocycles. The van der Waals surface area contributed by atoms with E-state index in [2.05, 4.69) is 33.0 Å². The summed E-state index contributed by atoms with van der Waals surface area (Å²) in [5, 5.41) is 3.75. The van der Waals surface area contributed by atoms with E-state index in [1.807, 2.05) is 0 Å². The van der Waals surface area contributed by atoms with Crippen LogP contribution in [0.4, 0.5) is 0 Å². The molecule has 0 aliphatic heterocycles. The number of rotatable bonds is 3. The third-order valence-corrected chi connectivity index (χ3v) is 6.07. The second-order valence-electron chi connectivity index (χ2n) is 8.81. The van der Waals surface area contributed by atoms with Gasteiger partial charge in [0.2, 0.25) is 0 Å². The van der Waals surface area contributed by atoms with Crippen molar-refractivity contribution in [1.82, 2.24) is 5.32 Å². The van der Waals surface area contributed by atoms with E-state index in [4.69, 9.17) is 0 Å². The number of hydrogen-bond acceptors (Lipinski definition) is 1. The summed E-state index contributed by atoms with van der Waals surface area (Å²) >= 11 is 0. The van der Waals surface area contributed by atoms with E-state index in [-0.39, 0.29) is 5.54 Å². The molecular formula is C17H31N. The smallest absolute Gasteiger partial charge is 0.00966 e. The lowest BCUT2D eigenvalue weighted by molar-refractivity contribution is -0.0832. The lowest BCUT2D eigenvalue weighted by Crippen LogP contribution is -2.52. The maximum atomic E-state index is 3.75. The average Bonchev–Trinajstić information content (AvgIpc) is 2.22. The molecule has 0 aromatic carbocycles. The van der Waals surface area contributed by atoms with Crippen molar-refractivity contribution >= 4 is 0 Å². The molecule has 4 aliphatic carbocycles. The van der Waals surface area contributed by atoms with E-state index >= 15 is 0 Å². The second kappa shape index (κ2) is 4.23. The molecular weight excluding hydrogens is 218 g/mol. The van der Waals surface area contributed by atoms with Gasteiger partial charge in [-0.2, -0.15) is 0 Å². The van der Waals surface area contributed by atoms with Crippen LogP contribution in [0.25, 0.3) is 0 Å². The van der Waals surface area contributed by atoms with Gasteiger partial charge in [0, 0.05) is 5.54 Å². The van der Waals surface area contributed by atoms with E-state index in [0.29, 0.717) is 5.41 Å². The zero-order valence-corrected chi connectivity index (χ0v) is 12.8. The van der Waals surface area contributed by atoms with Crippen molar-refractivity contribution in [3.05, 3.63) is 0 Å². The maximum absolute atomic E-state index is 3.75. The third-order valence-electron chi connectivity index (χ3n) is 6.07. The predicted molar refractivity (Wildman–Crippen MR) is 77.5 cm³/mol. The highest BCUT2D eigenvalue weighted by Crippen LogP contribution is 2.62. The predicted octanol–water partition coefficient (Wildman–Crippen LogP) is 4.23. The molecule has 4 fully saturated rings.